The molecule has 1 fully saturated rings. The fourth-order valence-electron chi connectivity index (χ4n) is 4.42. The highest BCUT2D eigenvalue weighted by atomic mass is 35.5. The average molecular weight is 409 g/mol. The maximum Gasteiger partial charge on any atom is 0.126 e. The Morgan fingerprint density at radius 3 is 2.66 bits per heavy atom. The summed E-state index contributed by atoms with van der Waals surface area (Å²) in [6.07, 6.45) is 4.16. The lowest BCUT2D eigenvalue weighted by atomic mass is 9.95. The fraction of sp³-hybridized carbons (Fsp3) is 0.375. The normalized spacial score (nSPS) is 15.7. The molecule has 3 aromatic rings. The van der Waals surface area contributed by atoms with Gasteiger partial charge in [-0.15, -0.1) is 0 Å². The first kappa shape index (κ1) is 20.0. The van der Waals surface area contributed by atoms with Gasteiger partial charge in [-0.2, -0.15) is 0 Å². The predicted molar refractivity (Wildman–Crippen MR) is 125 cm³/mol. The van der Waals surface area contributed by atoms with Crippen molar-refractivity contribution in [1.82, 2.24) is 9.88 Å². The monoisotopic (exact) mass is 408 g/mol. The van der Waals surface area contributed by atoms with Crippen LogP contribution in [-0.4, -0.2) is 35.6 Å². The molecule has 4 rings (SSSR count). The second kappa shape index (κ2) is 8.21. The van der Waals surface area contributed by atoms with E-state index in [1.807, 2.05) is 18.3 Å². The number of nitrogens with one attached hydrogen (secondary N) is 1. The molecule has 0 radical (unpaired) electrons. The summed E-state index contributed by atoms with van der Waals surface area (Å²) in [6, 6.07) is 10.9. The van der Waals surface area contributed by atoms with Crippen molar-refractivity contribution < 1.29 is 0 Å². The van der Waals surface area contributed by atoms with Crippen LogP contribution < -0.4 is 11.1 Å². The second-order valence-electron chi connectivity index (χ2n) is 8.04. The molecular weight excluding hydrogens is 380 g/mol. The van der Waals surface area contributed by atoms with Crippen molar-refractivity contribution in [3.8, 4) is 11.1 Å². The number of aryl methyl sites for hydroxylation is 2. The third-order valence-electron chi connectivity index (χ3n) is 6.18. The number of hydrogen-bond donors (Lipinski definition) is 2. The Labute approximate surface area is 178 Å². The van der Waals surface area contributed by atoms with Crippen LogP contribution in [0, 0.1) is 13.8 Å². The first-order valence-electron chi connectivity index (χ1n) is 10.4. The molecule has 1 saturated heterocycles. The van der Waals surface area contributed by atoms with Crippen LogP contribution in [0.3, 0.4) is 0 Å². The second-order valence-corrected chi connectivity index (χ2v) is 8.45. The standard InChI is InChI=1S/C24H29ClN4/c1-4-29-10-8-19(9-11-29)28-21-13-17(22-15(2)6-5-7-20(22)25)12-18-14-27-24(26)16(3)23(18)21/h5-7,12-14,19,28H,4,8-11H2,1-3H3,(H2,26,27). The Morgan fingerprint density at radius 2 is 1.97 bits per heavy atom. The van der Waals surface area contributed by atoms with Crippen molar-refractivity contribution in [2.24, 2.45) is 0 Å². The molecule has 5 heteroatoms. The minimum absolute atomic E-state index is 0.456. The summed E-state index contributed by atoms with van der Waals surface area (Å²) in [6.45, 7) is 9.78. The highest BCUT2D eigenvalue weighted by Crippen LogP contribution is 2.38. The number of rotatable bonds is 4. The van der Waals surface area contributed by atoms with Crippen LogP contribution >= 0.6 is 11.6 Å². The molecule has 152 valence electrons. The van der Waals surface area contributed by atoms with Gasteiger partial charge in [0.2, 0.25) is 0 Å². The molecule has 0 unspecified atom stereocenters. The summed E-state index contributed by atoms with van der Waals surface area (Å²) in [5.74, 6) is 0.586. The topological polar surface area (TPSA) is 54.2 Å². The van der Waals surface area contributed by atoms with E-state index in [1.54, 1.807) is 0 Å². The number of piperidine rings is 1. The van der Waals surface area contributed by atoms with E-state index in [9.17, 15) is 0 Å². The molecule has 1 aliphatic rings. The van der Waals surface area contributed by atoms with Crippen LogP contribution in [0.4, 0.5) is 11.5 Å². The van der Waals surface area contributed by atoms with Gasteiger partial charge in [-0.1, -0.05) is 30.7 Å². The summed E-state index contributed by atoms with van der Waals surface area (Å²) in [5, 5.41) is 6.84. The Kier molecular flexibility index (Phi) is 5.66. The highest BCUT2D eigenvalue weighted by molar-refractivity contribution is 6.33. The first-order chi connectivity index (χ1) is 14.0. The number of pyridine rings is 1. The Morgan fingerprint density at radius 1 is 1.21 bits per heavy atom. The molecular formula is C24H29ClN4. The third-order valence-corrected chi connectivity index (χ3v) is 6.49. The quantitative estimate of drug-likeness (QED) is 0.585. The Balaban J connectivity index is 1.81. The van der Waals surface area contributed by atoms with Crippen LogP contribution in [0.25, 0.3) is 21.9 Å². The number of anilines is 2. The van der Waals surface area contributed by atoms with Crippen molar-refractivity contribution in [3.63, 3.8) is 0 Å². The van der Waals surface area contributed by atoms with Gasteiger partial charge in [-0.3, -0.25) is 0 Å². The lowest BCUT2D eigenvalue weighted by Crippen LogP contribution is -2.38. The van der Waals surface area contributed by atoms with Gasteiger partial charge in [0.15, 0.2) is 0 Å². The van der Waals surface area contributed by atoms with Gasteiger partial charge in [0.25, 0.3) is 0 Å². The van der Waals surface area contributed by atoms with E-state index in [1.165, 1.54) is 5.56 Å². The van der Waals surface area contributed by atoms with Crippen LogP contribution in [0.2, 0.25) is 5.02 Å². The number of aromatic nitrogens is 1. The number of fused-ring (bicyclic) bond motifs is 1. The van der Waals surface area contributed by atoms with Gasteiger partial charge >= 0.3 is 0 Å². The summed E-state index contributed by atoms with van der Waals surface area (Å²) in [5.41, 5.74) is 11.7. The van der Waals surface area contributed by atoms with Crippen molar-refractivity contribution in [1.29, 1.82) is 0 Å². The number of halogens is 1. The summed E-state index contributed by atoms with van der Waals surface area (Å²) in [4.78, 5) is 6.91. The number of nitrogen functional groups attached to an aromatic ring is 1. The van der Waals surface area contributed by atoms with Crippen molar-refractivity contribution in [2.45, 2.75) is 39.7 Å². The SMILES string of the molecule is CCN1CCC(Nc2cc(-c3c(C)cccc3Cl)cc3cnc(N)c(C)c23)CC1. The zero-order valence-electron chi connectivity index (χ0n) is 17.4. The number of hydrogen-bond acceptors (Lipinski definition) is 4. The van der Waals surface area contributed by atoms with Crippen molar-refractivity contribution in [2.75, 3.05) is 30.7 Å². The molecule has 0 saturated carbocycles. The van der Waals surface area contributed by atoms with E-state index in [-0.39, 0.29) is 0 Å². The molecule has 3 N–H and O–H groups in total. The highest BCUT2D eigenvalue weighted by Gasteiger charge is 2.20. The summed E-state index contributed by atoms with van der Waals surface area (Å²) in [7, 11) is 0. The number of benzene rings is 2. The van der Waals surface area contributed by atoms with Gasteiger partial charge in [0, 0.05) is 57.9 Å². The zero-order valence-corrected chi connectivity index (χ0v) is 18.2. The van der Waals surface area contributed by atoms with E-state index < -0.39 is 0 Å². The molecule has 0 bridgehead atoms. The number of nitrogens with two attached hydrogens (primary N) is 1. The van der Waals surface area contributed by atoms with E-state index in [4.69, 9.17) is 17.3 Å². The fourth-order valence-corrected chi connectivity index (χ4v) is 4.75. The lowest BCUT2D eigenvalue weighted by Gasteiger charge is -2.32. The van der Waals surface area contributed by atoms with Crippen LogP contribution in [0.1, 0.15) is 30.9 Å². The Bertz CT molecular complexity index is 1020. The van der Waals surface area contributed by atoms with E-state index >= 15 is 0 Å². The lowest BCUT2D eigenvalue weighted by molar-refractivity contribution is 0.229. The number of likely N-dealkylation sites (tertiary alicyclic amines) is 1. The molecule has 29 heavy (non-hydrogen) atoms. The van der Waals surface area contributed by atoms with Gasteiger partial charge in [-0.05, 0) is 62.6 Å². The molecule has 2 heterocycles. The average Bonchev–Trinajstić information content (AvgIpc) is 2.71. The molecule has 0 spiro atoms. The molecule has 0 amide bonds. The summed E-state index contributed by atoms with van der Waals surface area (Å²) < 4.78 is 0. The Hall–Kier alpha value is -2.30. The van der Waals surface area contributed by atoms with Gasteiger partial charge < -0.3 is 16.0 Å². The van der Waals surface area contributed by atoms with Crippen LogP contribution in [0.15, 0.2) is 36.5 Å². The molecule has 2 aromatic carbocycles. The minimum atomic E-state index is 0.456. The molecule has 1 aliphatic heterocycles. The predicted octanol–water partition coefficient (Wildman–Crippen LogP) is 5.65. The van der Waals surface area contributed by atoms with E-state index in [0.717, 1.165) is 70.6 Å². The maximum absolute atomic E-state index is 6.59. The maximum atomic E-state index is 6.59. The van der Waals surface area contributed by atoms with Gasteiger partial charge in [0.1, 0.15) is 5.82 Å². The molecule has 4 nitrogen and oxygen atoms in total. The largest absolute Gasteiger partial charge is 0.383 e. The third kappa shape index (κ3) is 3.92. The molecule has 0 atom stereocenters. The van der Waals surface area contributed by atoms with Crippen molar-refractivity contribution >= 4 is 33.9 Å². The molecule has 1 aromatic heterocycles. The minimum Gasteiger partial charge on any atom is -0.383 e. The smallest absolute Gasteiger partial charge is 0.126 e. The van der Waals surface area contributed by atoms with Crippen LogP contribution in [-0.2, 0) is 0 Å². The van der Waals surface area contributed by atoms with Crippen LogP contribution in [0.5, 0.6) is 0 Å². The van der Waals surface area contributed by atoms with Crippen molar-refractivity contribution in [3.05, 3.63) is 52.7 Å². The van der Waals surface area contributed by atoms with Gasteiger partial charge in [-0.25, -0.2) is 4.98 Å². The zero-order chi connectivity index (χ0) is 20.5. The van der Waals surface area contributed by atoms with Gasteiger partial charge in [0.05, 0.1) is 0 Å². The van der Waals surface area contributed by atoms with E-state index in [2.05, 4.69) is 54.2 Å². The first-order valence-corrected chi connectivity index (χ1v) is 10.8. The van der Waals surface area contributed by atoms with E-state index in [0.29, 0.717) is 11.9 Å². The molecule has 0 aliphatic carbocycles. The summed E-state index contributed by atoms with van der Waals surface area (Å²) >= 11 is 6.59. The number of nitrogens with zero attached hydrogens (tertiary/aromatic N) is 2.